The fraction of sp³-hybridized carbons (Fsp3) is 0.438. The lowest BCUT2D eigenvalue weighted by atomic mass is 9.82. The van der Waals surface area contributed by atoms with Gasteiger partial charge < -0.3 is 9.53 Å². The SMILES string of the molecule is C=CC[Si]1(C)C[C@@](C)(CC=O)c2cc(OC)ccc21. The van der Waals surface area contributed by atoms with Crippen LogP contribution in [0.4, 0.5) is 0 Å². The highest BCUT2D eigenvalue weighted by Crippen LogP contribution is 2.44. The lowest BCUT2D eigenvalue weighted by Crippen LogP contribution is -2.41. The summed E-state index contributed by atoms with van der Waals surface area (Å²) >= 11 is 0. The molecule has 102 valence electrons. The molecule has 1 aliphatic rings. The van der Waals surface area contributed by atoms with Crippen molar-refractivity contribution in [1.82, 2.24) is 0 Å². The van der Waals surface area contributed by atoms with E-state index in [1.807, 2.05) is 12.1 Å². The first-order valence-corrected chi connectivity index (χ1v) is 9.64. The molecule has 0 fully saturated rings. The Bertz CT molecular complexity index is 511. The van der Waals surface area contributed by atoms with Gasteiger partial charge in [-0.05, 0) is 35.2 Å². The second kappa shape index (κ2) is 4.97. The molecule has 0 aliphatic carbocycles. The van der Waals surface area contributed by atoms with Gasteiger partial charge in [0, 0.05) is 6.42 Å². The van der Waals surface area contributed by atoms with E-state index in [4.69, 9.17) is 4.74 Å². The van der Waals surface area contributed by atoms with Crippen LogP contribution in [0.3, 0.4) is 0 Å². The molecule has 0 N–H and O–H groups in total. The Hall–Kier alpha value is -1.35. The molecule has 3 heteroatoms. The van der Waals surface area contributed by atoms with Crippen LogP contribution in [0.25, 0.3) is 0 Å². The van der Waals surface area contributed by atoms with Crippen molar-refractivity contribution < 1.29 is 9.53 Å². The zero-order chi connectivity index (χ0) is 14.1. The highest BCUT2D eigenvalue weighted by Gasteiger charge is 2.47. The molecule has 2 rings (SSSR count). The molecule has 2 atom stereocenters. The fourth-order valence-corrected chi connectivity index (χ4v) is 8.35. The minimum atomic E-state index is -1.55. The molecule has 0 aromatic heterocycles. The minimum Gasteiger partial charge on any atom is -0.497 e. The van der Waals surface area contributed by atoms with Crippen molar-refractivity contribution in [3.63, 3.8) is 0 Å². The topological polar surface area (TPSA) is 26.3 Å². The van der Waals surface area contributed by atoms with Crippen molar-refractivity contribution >= 4 is 19.5 Å². The van der Waals surface area contributed by atoms with Gasteiger partial charge in [-0.15, -0.1) is 6.58 Å². The number of aldehydes is 1. The Labute approximate surface area is 116 Å². The molecular formula is C16H22O2Si. The summed E-state index contributed by atoms with van der Waals surface area (Å²) in [6.45, 7) is 8.52. The molecule has 2 nitrogen and oxygen atoms in total. The highest BCUT2D eigenvalue weighted by molar-refractivity contribution is 6.92. The van der Waals surface area contributed by atoms with E-state index in [1.54, 1.807) is 7.11 Å². The van der Waals surface area contributed by atoms with E-state index in [0.717, 1.165) is 24.1 Å². The number of hydrogen-bond donors (Lipinski definition) is 0. The molecule has 1 aromatic carbocycles. The highest BCUT2D eigenvalue weighted by atomic mass is 28.3. The summed E-state index contributed by atoms with van der Waals surface area (Å²) in [6.07, 6.45) is 3.68. The second-order valence-corrected chi connectivity index (χ2v) is 10.5. The number of carbonyl (C=O) groups excluding carboxylic acids is 1. The first kappa shape index (κ1) is 14.1. The van der Waals surface area contributed by atoms with Gasteiger partial charge in [0.05, 0.1) is 15.2 Å². The van der Waals surface area contributed by atoms with Crippen LogP contribution in [0.2, 0.25) is 18.6 Å². The van der Waals surface area contributed by atoms with E-state index in [0.29, 0.717) is 6.42 Å². The van der Waals surface area contributed by atoms with E-state index >= 15 is 0 Å². The van der Waals surface area contributed by atoms with Gasteiger partial charge in [0.1, 0.15) is 12.0 Å². The van der Waals surface area contributed by atoms with Crippen LogP contribution < -0.4 is 9.92 Å². The molecule has 0 amide bonds. The molecule has 1 aromatic rings. The molecule has 0 saturated heterocycles. The molecular weight excluding hydrogens is 252 g/mol. The van der Waals surface area contributed by atoms with Crippen molar-refractivity contribution in [3.05, 3.63) is 36.4 Å². The van der Waals surface area contributed by atoms with Crippen LogP contribution in [-0.4, -0.2) is 21.5 Å². The minimum absolute atomic E-state index is 0.0321. The van der Waals surface area contributed by atoms with Gasteiger partial charge in [0.15, 0.2) is 0 Å². The van der Waals surface area contributed by atoms with Crippen molar-refractivity contribution in [2.24, 2.45) is 0 Å². The second-order valence-electron chi connectivity index (χ2n) is 6.07. The first-order chi connectivity index (χ1) is 8.99. The quantitative estimate of drug-likeness (QED) is 0.469. The average molecular weight is 274 g/mol. The third-order valence-corrected chi connectivity index (χ3v) is 8.92. The summed E-state index contributed by atoms with van der Waals surface area (Å²) in [5.41, 5.74) is 1.28. The first-order valence-electron chi connectivity index (χ1n) is 6.73. The van der Waals surface area contributed by atoms with Crippen LogP contribution in [-0.2, 0) is 10.2 Å². The number of fused-ring (bicyclic) bond motifs is 1. The Morgan fingerprint density at radius 1 is 1.53 bits per heavy atom. The van der Waals surface area contributed by atoms with E-state index < -0.39 is 8.07 Å². The molecule has 0 radical (unpaired) electrons. The van der Waals surface area contributed by atoms with Crippen LogP contribution in [0, 0.1) is 0 Å². The molecule has 1 aliphatic heterocycles. The maximum Gasteiger partial charge on any atom is 0.120 e. The molecule has 0 saturated carbocycles. The number of rotatable bonds is 5. The third kappa shape index (κ3) is 2.27. The predicted octanol–water partition coefficient (Wildman–Crippen LogP) is 3.03. The summed E-state index contributed by atoms with van der Waals surface area (Å²) in [5.74, 6) is 0.882. The number of methoxy groups -OCH3 is 1. The number of ether oxygens (including phenoxy) is 1. The maximum absolute atomic E-state index is 11.1. The van der Waals surface area contributed by atoms with E-state index in [1.165, 1.54) is 10.8 Å². The number of carbonyl (C=O) groups is 1. The molecule has 0 bridgehead atoms. The molecule has 19 heavy (non-hydrogen) atoms. The van der Waals surface area contributed by atoms with E-state index in [-0.39, 0.29) is 5.41 Å². The lowest BCUT2D eigenvalue weighted by Gasteiger charge is -2.26. The van der Waals surface area contributed by atoms with Crippen molar-refractivity contribution in [2.45, 2.75) is 37.4 Å². The van der Waals surface area contributed by atoms with Gasteiger partial charge in [0.2, 0.25) is 0 Å². The zero-order valence-electron chi connectivity index (χ0n) is 12.0. The van der Waals surface area contributed by atoms with Gasteiger partial charge in [-0.1, -0.05) is 30.8 Å². The normalized spacial score (nSPS) is 28.8. The summed E-state index contributed by atoms with van der Waals surface area (Å²) in [4.78, 5) is 11.1. The summed E-state index contributed by atoms with van der Waals surface area (Å²) in [5, 5.41) is 1.47. The van der Waals surface area contributed by atoms with Crippen molar-refractivity contribution in [3.8, 4) is 5.75 Å². The standard InChI is InChI=1S/C16H22O2Si/c1-5-10-19(4)12-16(2,8-9-17)14-11-13(18-3)6-7-15(14)19/h5-7,9,11H,1,8,10,12H2,2-4H3/t16-,19?/m1/s1. The fourth-order valence-electron chi connectivity index (χ4n) is 3.59. The van der Waals surface area contributed by atoms with Gasteiger partial charge in [-0.2, -0.15) is 0 Å². The third-order valence-electron chi connectivity index (χ3n) is 4.44. The van der Waals surface area contributed by atoms with Crippen LogP contribution in [0.15, 0.2) is 30.9 Å². The van der Waals surface area contributed by atoms with Crippen LogP contribution >= 0.6 is 0 Å². The van der Waals surface area contributed by atoms with Crippen LogP contribution in [0.5, 0.6) is 5.75 Å². The summed E-state index contributed by atoms with van der Waals surface area (Å²) < 4.78 is 5.35. The number of benzene rings is 1. The Balaban J connectivity index is 2.57. The average Bonchev–Trinajstić information content (AvgIpc) is 2.59. The Morgan fingerprint density at radius 2 is 2.26 bits per heavy atom. The number of hydrogen-bond acceptors (Lipinski definition) is 2. The van der Waals surface area contributed by atoms with E-state index in [2.05, 4.69) is 32.2 Å². The maximum atomic E-state index is 11.1. The summed E-state index contributed by atoms with van der Waals surface area (Å²) in [6, 6.07) is 8.56. The van der Waals surface area contributed by atoms with Gasteiger partial charge >= 0.3 is 0 Å². The van der Waals surface area contributed by atoms with E-state index in [9.17, 15) is 4.79 Å². The largest absolute Gasteiger partial charge is 0.497 e. The van der Waals surface area contributed by atoms with Gasteiger partial charge in [-0.3, -0.25) is 0 Å². The monoisotopic (exact) mass is 274 g/mol. The van der Waals surface area contributed by atoms with Crippen molar-refractivity contribution in [1.29, 1.82) is 0 Å². The Morgan fingerprint density at radius 3 is 2.84 bits per heavy atom. The predicted molar refractivity (Wildman–Crippen MR) is 82.1 cm³/mol. The Kier molecular flexibility index (Phi) is 3.68. The number of allylic oxidation sites excluding steroid dienone is 1. The van der Waals surface area contributed by atoms with Crippen molar-refractivity contribution in [2.75, 3.05) is 7.11 Å². The smallest absolute Gasteiger partial charge is 0.120 e. The summed E-state index contributed by atoms with van der Waals surface area (Å²) in [7, 11) is 0.141. The zero-order valence-corrected chi connectivity index (χ0v) is 13.0. The molecule has 1 heterocycles. The molecule has 0 spiro atoms. The van der Waals surface area contributed by atoms with Crippen LogP contribution in [0.1, 0.15) is 18.9 Å². The lowest BCUT2D eigenvalue weighted by molar-refractivity contribution is -0.108. The van der Waals surface area contributed by atoms with Gasteiger partial charge in [0.25, 0.3) is 0 Å². The van der Waals surface area contributed by atoms with Gasteiger partial charge in [-0.25, -0.2) is 0 Å². The molecule has 1 unspecified atom stereocenters.